The highest BCUT2D eigenvalue weighted by molar-refractivity contribution is 5.83. The molecule has 0 radical (unpaired) electrons. The first-order chi connectivity index (χ1) is 5.83. The molecule has 0 unspecified atom stereocenters. The van der Waals surface area contributed by atoms with Crippen LogP contribution in [0, 0.1) is 22.7 Å². The normalized spacial score (nSPS) is 8.17. The van der Waals surface area contributed by atoms with Crippen LogP contribution in [0.25, 0.3) is 0 Å². The molecule has 0 amide bonds. The maximum atomic E-state index is 10.5. The quantitative estimate of drug-likeness (QED) is 0.574. The third kappa shape index (κ3) is 1.16. The second-order valence-corrected chi connectivity index (χ2v) is 2.11. The van der Waals surface area contributed by atoms with Gasteiger partial charge >= 0.3 is 0 Å². The standard InChI is InChI=1S/C9H4N2O/c10-4-7-2-1-3-8(5-11)9(7)6-12/h1-3,6H. The third-order valence-electron chi connectivity index (χ3n) is 1.46. The summed E-state index contributed by atoms with van der Waals surface area (Å²) < 4.78 is 0. The molecule has 0 spiro atoms. The Morgan fingerprint density at radius 3 is 2.00 bits per heavy atom. The van der Waals surface area contributed by atoms with E-state index in [4.69, 9.17) is 10.5 Å². The monoisotopic (exact) mass is 156 g/mol. The smallest absolute Gasteiger partial charge is 0.152 e. The summed E-state index contributed by atoms with van der Waals surface area (Å²) in [5.41, 5.74) is 0.649. The van der Waals surface area contributed by atoms with E-state index in [1.165, 1.54) is 12.1 Å². The van der Waals surface area contributed by atoms with Crippen molar-refractivity contribution in [1.82, 2.24) is 0 Å². The van der Waals surface area contributed by atoms with Gasteiger partial charge in [-0.05, 0) is 12.1 Å². The van der Waals surface area contributed by atoms with Gasteiger partial charge in [0.1, 0.15) is 0 Å². The first-order valence-corrected chi connectivity index (χ1v) is 3.22. The van der Waals surface area contributed by atoms with Crippen molar-refractivity contribution in [2.24, 2.45) is 0 Å². The number of hydrogen-bond donors (Lipinski definition) is 0. The predicted molar refractivity (Wildman–Crippen MR) is 41.3 cm³/mol. The Labute approximate surface area is 69.5 Å². The maximum Gasteiger partial charge on any atom is 0.152 e. The average molecular weight is 156 g/mol. The number of nitriles is 2. The van der Waals surface area contributed by atoms with Gasteiger partial charge in [0.15, 0.2) is 6.29 Å². The summed E-state index contributed by atoms with van der Waals surface area (Å²) in [7, 11) is 0. The minimum atomic E-state index is 0.169. The molecule has 56 valence electrons. The van der Waals surface area contributed by atoms with Gasteiger partial charge in [-0.25, -0.2) is 0 Å². The minimum Gasteiger partial charge on any atom is -0.298 e. The molecular weight excluding hydrogens is 152 g/mol. The van der Waals surface area contributed by atoms with E-state index in [1.54, 1.807) is 6.07 Å². The fraction of sp³-hybridized carbons (Fsp3) is 0. The number of nitrogens with zero attached hydrogens (tertiary/aromatic N) is 2. The zero-order valence-corrected chi connectivity index (χ0v) is 6.11. The van der Waals surface area contributed by atoms with Crippen molar-refractivity contribution in [2.75, 3.05) is 0 Å². The van der Waals surface area contributed by atoms with Gasteiger partial charge in [0.2, 0.25) is 0 Å². The van der Waals surface area contributed by atoms with Crippen molar-refractivity contribution in [3.05, 3.63) is 34.9 Å². The van der Waals surface area contributed by atoms with E-state index in [2.05, 4.69) is 0 Å². The number of aldehydes is 1. The summed E-state index contributed by atoms with van der Waals surface area (Å²) in [6.07, 6.45) is 0.525. The summed E-state index contributed by atoms with van der Waals surface area (Å²) in [4.78, 5) is 10.5. The summed E-state index contributed by atoms with van der Waals surface area (Å²) in [6, 6.07) is 8.26. The molecule has 0 bridgehead atoms. The van der Waals surface area contributed by atoms with E-state index in [9.17, 15) is 4.79 Å². The van der Waals surface area contributed by atoms with Gasteiger partial charge in [-0.3, -0.25) is 4.79 Å². The van der Waals surface area contributed by atoms with Gasteiger partial charge in [0, 0.05) is 5.56 Å². The number of benzene rings is 1. The van der Waals surface area contributed by atoms with Crippen LogP contribution >= 0.6 is 0 Å². The Hall–Kier alpha value is -2.13. The van der Waals surface area contributed by atoms with Crippen molar-refractivity contribution in [2.45, 2.75) is 0 Å². The largest absolute Gasteiger partial charge is 0.298 e. The van der Waals surface area contributed by atoms with Gasteiger partial charge in [0.05, 0.1) is 23.3 Å². The molecule has 0 aromatic heterocycles. The molecule has 0 aliphatic carbocycles. The van der Waals surface area contributed by atoms with Crippen LogP contribution in [-0.4, -0.2) is 6.29 Å². The molecule has 0 fully saturated rings. The molecule has 0 heterocycles. The highest BCUT2D eigenvalue weighted by Crippen LogP contribution is 2.10. The third-order valence-corrected chi connectivity index (χ3v) is 1.46. The van der Waals surface area contributed by atoms with E-state index in [-0.39, 0.29) is 16.7 Å². The average Bonchev–Trinajstić information content (AvgIpc) is 2.16. The van der Waals surface area contributed by atoms with Crippen LogP contribution in [-0.2, 0) is 0 Å². The van der Waals surface area contributed by atoms with Crippen LogP contribution in [0.5, 0.6) is 0 Å². The van der Waals surface area contributed by atoms with Gasteiger partial charge in [-0.2, -0.15) is 10.5 Å². The van der Waals surface area contributed by atoms with Crippen LogP contribution in [0.1, 0.15) is 21.5 Å². The molecule has 0 atom stereocenters. The lowest BCUT2D eigenvalue weighted by Crippen LogP contribution is -1.91. The Bertz CT molecular complexity index is 364. The molecule has 1 rings (SSSR count). The SMILES string of the molecule is N#Cc1cccc(C#N)c1C=O. The molecule has 12 heavy (non-hydrogen) atoms. The molecule has 3 heteroatoms. The molecule has 0 aliphatic rings. The van der Waals surface area contributed by atoms with Crippen LogP contribution in [0.4, 0.5) is 0 Å². The second-order valence-electron chi connectivity index (χ2n) is 2.11. The van der Waals surface area contributed by atoms with Crippen LogP contribution in [0.3, 0.4) is 0 Å². The molecule has 0 saturated heterocycles. The molecular formula is C9H4N2O. The molecule has 0 N–H and O–H groups in total. The highest BCUT2D eigenvalue weighted by Gasteiger charge is 2.05. The number of carbonyl (C=O) groups is 1. The van der Waals surface area contributed by atoms with Crippen molar-refractivity contribution >= 4 is 6.29 Å². The molecule has 0 aliphatic heterocycles. The minimum absolute atomic E-state index is 0.169. The van der Waals surface area contributed by atoms with Crippen LogP contribution < -0.4 is 0 Å². The Morgan fingerprint density at radius 1 is 1.17 bits per heavy atom. The number of carbonyl (C=O) groups excluding carboxylic acids is 1. The first kappa shape index (κ1) is 7.97. The lowest BCUT2D eigenvalue weighted by Gasteiger charge is -1.95. The second kappa shape index (κ2) is 3.32. The van der Waals surface area contributed by atoms with Crippen molar-refractivity contribution < 1.29 is 4.79 Å². The van der Waals surface area contributed by atoms with E-state index >= 15 is 0 Å². The van der Waals surface area contributed by atoms with E-state index in [0.717, 1.165) is 0 Å². The number of hydrogen-bond acceptors (Lipinski definition) is 3. The topological polar surface area (TPSA) is 64.7 Å². The van der Waals surface area contributed by atoms with Crippen molar-refractivity contribution in [1.29, 1.82) is 10.5 Å². The fourth-order valence-electron chi connectivity index (χ4n) is 0.887. The fourth-order valence-corrected chi connectivity index (χ4v) is 0.887. The Kier molecular flexibility index (Phi) is 2.20. The summed E-state index contributed by atoms with van der Waals surface area (Å²) in [5, 5.41) is 17.1. The summed E-state index contributed by atoms with van der Waals surface area (Å²) in [5.74, 6) is 0. The first-order valence-electron chi connectivity index (χ1n) is 3.22. The van der Waals surface area contributed by atoms with Gasteiger partial charge < -0.3 is 0 Å². The maximum absolute atomic E-state index is 10.5. The van der Waals surface area contributed by atoms with Crippen molar-refractivity contribution in [3.8, 4) is 12.1 Å². The molecule has 3 nitrogen and oxygen atoms in total. The zero-order chi connectivity index (χ0) is 8.97. The van der Waals surface area contributed by atoms with E-state index in [1.807, 2.05) is 12.1 Å². The van der Waals surface area contributed by atoms with Gasteiger partial charge in [0.25, 0.3) is 0 Å². The number of rotatable bonds is 1. The summed E-state index contributed by atoms with van der Waals surface area (Å²) in [6.45, 7) is 0. The Morgan fingerprint density at radius 2 is 1.67 bits per heavy atom. The van der Waals surface area contributed by atoms with E-state index in [0.29, 0.717) is 6.29 Å². The lowest BCUT2D eigenvalue weighted by atomic mass is 10.0. The molecule has 1 aromatic rings. The highest BCUT2D eigenvalue weighted by atomic mass is 16.1. The van der Waals surface area contributed by atoms with E-state index < -0.39 is 0 Å². The van der Waals surface area contributed by atoms with Gasteiger partial charge in [-0.15, -0.1) is 0 Å². The van der Waals surface area contributed by atoms with Crippen LogP contribution in [0.2, 0.25) is 0 Å². The van der Waals surface area contributed by atoms with Crippen LogP contribution in [0.15, 0.2) is 18.2 Å². The van der Waals surface area contributed by atoms with Crippen molar-refractivity contribution in [3.63, 3.8) is 0 Å². The zero-order valence-electron chi connectivity index (χ0n) is 6.11. The summed E-state index contributed by atoms with van der Waals surface area (Å²) >= 11 is 0. The lowest BCUT2D eigenvalue weighted by molar-refractivity contribution is 0.112. The predicted octanol–water partition coefficient (Wildman–Crippen LogP) is 1.24. The van der Waals surface area contributed by atoms with Gasteiger partial charge in [-0.1, -0.05) is 6.07 Å². The molecule has 1 aromatic carbocycles. The Balaban J connectivity index is 3.47. The molecule has 0 saturated carbocycles.